The lowest BCUT2D eigenvalue weighted by atomic mass is 9.77. The second-order valence-electron chi connectivity index (χ2n) is 9.45. The molecule has 0 aliphatic carbocycles. The number of nitrogens with one attached hydrogen (secondary N) is 2. The van der Waals surface area contributed by atoms with Crippen LogP contribution in [0.25, 0.3) is 11.8 Å². The number of aromatic nitrogens is 2. The molecule has 1 saturated heterocycles. The molecule has 1 aliphatic rings. The maximum absolute atomic E-state index is 12.4. The number of H-pyrrole nitrogens is 1. The summed E-state index contributed by atoms with van der Waals surface area (Å²) in [6.07, 6.45) is 5.15. The van der Waals surface area contributed by atoms with Gasteiger partial charge < -0.3 is 24.3 Å². The van der Waals surface area contributed by atoms with E-state index in [2.05, 4.69) is 10.3 Å². The molecule has 1 aromatic heterocycles. The Kier molecular flexibility index (Phi) is 7.30. The smallest absolute Gasteiger partial charge is 0.445 e. The van der Waals surface area contributed by atoms with Gasteiger partial charge in [0.2, 0.25) is 0 Å². The number of carbonyl (C=O) groups is 1. The molecular weight excluding hydrogens is 461 g/mol. The third-order valence-corrected chi connectivity index (χ3v) is 6.69. The van der Waals surface area contributed by atoms with E-state index in [-0.39, 0.29) is 13.2 Å². The second kappa shape index (κ2) is 10.2. The molecule has 182 valence electrons. The predicted molar refractivity (Wildman–Crippen MR) is 140 cm³/mol. The Bertz CT molecular complexity index is 1230. The van der Waals surface area contributed by atoms with Crippen molar-refractivity contribution in [2.24, 2.45) is 0 Å². The van der Waals surface area contributed by atoms with Crippen molar-refractivity contribution in [3.8, 4) is 5.69 Å². The molecule has 9 heteroatoms. The van der Waals surface area contributed by atoms with E-state index in [1.54, 1.807) is 6.20 Å². The minimum Gasteiger partial charge on any atom is -0.445 e. The monoisotopic (exact) mass is 491 g/mol. The molecule has 7 nitrogen and oxygen atoms in total. The quantitative estimate of drug-likeness (QED) is 0.338. The van der Waals surface area contributed by atoms with Crippen LogP contribution in [0.3, 0.4) is 0 Å². The molecule has 0 atom stereocenters. The fraction of sp³-hybridized carbons (Fsp3) is 0.308. The molecule has 1 amide bonds. The van der Waals surface area contributed by atoms with Gasteiger partial charge in [0.1, 0.15) is 6.61 Å². The molecular formula is C26H30BN3O4S. The number of carbonyl (C=O) groups excluding carboxylic acids is 1. The number of nitrogens with zero attached hydrogens (tertiary/aromatic N) is 1. The fourth-order valence-corrected chi connectivity index (χ4v) is 3.85. The number of ether oxygens (including phenoxy) is 1. The molecule has 4 rings (SSSR count). The summed E-state index contributed by atoms with van der Waals surface area (Å²) in [7, 11) is -0.604. The van der Waals surface area contributed by atoms with Crippen molar-refractivity contribution in [1.29, 1.82) is 0 Å². The molecule has 0 bridgehead atoms. The lowest BCUT2D eigenvalue weighted by molar-refractivity contribution is 0.00578. The molecule has 2 aromatic carbocycles. The predicted octanol–water partition coefficient (Wildman–Crippen LogP) is 5.48. The van der Waals surface area contributed by atoms with E-state index >= 15 is 0 Å². The van der Waals surface area contributed by atoms with Gasteiger partial charge in [-0.05, 0) is 68.6 Å². The molecule has 0 spiro atoms. The third-order valence-electron chi connectivity index (χ3n) is 6.38. The summed E-state index contributed by atoms with van der Waals surface area (Å²) in [6.45, 7) is 8.42. The lowest BCUT2D eigenvalue weighted by Gasteiger charge is -2.32. The van der Waals surface area contributed by atoms with Gasteiger partial charge in [-0.1, -0.05) is 48.5 Å². The molecule has 0 radical (unpaired) electrons. The first-order valence-electron chi connectivity index (χ1n) is 11.5. The van der Waals surface area contributed by atoms with Crippen LogP contribution in [0.4, 0.5) is 4.79 Å². The third kappa shape index (κ3) is 5.93. The Hall–Kier alpha value is -3.14. The topological polar surface area (TPSA) is 77.5 Å². The molecule has 1 fully saturated rings. The van der Waals surface area contributed by atoms with E-state index in [9.17, 15) is 4.79 Å². The number of amides is 1. The molecule has 35 heavy (non-hydrogen) atoms. The van der Waals surface area contributed by atoms with Gasteiger partial charge in [-0.2, -0.15) is 0 Å². The van der Waals surface area contributed by atoms with Crippen molar-refractivity contribution in [2.75, 3.05) is 6.54 Å². The summed E-state index contributed by atoms with van der Waals surface area (Å²) < 4.78 is 20.4. The molecule has 0 saturated carbocycles. The van der Waals surface area contributed by atoms with Crippen LogP contribution in [0.2, 0.25) is 0 Å². The summed E-state index contributed by atoms with van der Waals surface area (Å²) in [4.78, 5) is 15.4. The zero-order valence-corrected chi connectivity index (χ0v) is 21.2. The van der Waals surface area contributed by atoms with E-state index < -0.39 is 24.4 Å². The van der Waals surface area contributed by atoms with Crippen LogP contribution in [0.1, 0.15) is 38.8 Å². The van der Waals surface area contributed by atoms with Crippen LogP contribution in [0.15, 0.2) is 72.5 Å². The molecule has 0 unspecified atom stereocenters. The maximum Gasteiger partial charge on any atom is 0.492 e. The van der Waals surface area contributed by atoms with Crippen molar-refractivity contribution >= 4 is 31.5 Å². The summed E-state index contributed by atoms with van der Waals surface area (Å²) in [6, 6.07) is 17.5. The zero-order valence-electron chi connectivity index (χ0n) is 20.4. The van der Waals surface area contributed by atoms with Crippen molar-refractivity contribution in [3.05, 3.63) is 88.4 Å². The normalized spacial score (nSPS) is 16.8. The Morgan fingerprint density at radius 3 is 2.34 bits per heavy atom. The van der Waals surface area contributed by atoms with Crippen molar-refractivity contribution < 1.29 is 18.8 Å². The maximum atomic E-state index is 12.4. The number of hydrogen-bond donors (Lipinski definition) is 2. The van der Waals surface area contributed by atoms with Crippen molar-refractivity contribution in [3.63, 3.8) is 0 Å². The molecule has 2 N–H and O–H groups in total. The second-order valence-corrected chi connectivity index (χ2v) is 9.84. The number of aromatic amines is 1. The largest absolute Gasteiger partial charge is 0.492 e. The van der Waals surface area contributed by atoms with Gasteiger partial charge in [-0.25, -0.2) is 4.79 Å². The summed E-state index contributed by atoms with van der Waals surface area (Å²) in [5, 5.41) is 2.83. The van der Waals surface area contributed by atoms with Crippen molar-refractivity contribution in [1.82, 2.24) is 14.9 Å². The van der Waals surface area contributed by atoms with Gasteiger partial charge in [-0.3, -0.25) is 4.57 Å². The highest BCUT2D eigenvalue weighted by atomic mass is 32.1. The van der Waals surface area contributed by atoms with Crippen LogP contribution in [-0.2, 0) is 20.7 Å². The average molecular weight is 491 g/mol. The minimum atomic E-state index is -0.604. The van der Waals surface area contributed by atoms with E-state index in [1.807, 2.05) is 99.1 Å². The van der Waals surface area contributed by atoms with E-state index in [0.717, 1.165) is 22.3 Å². The fourth-order valence-electron chi connectivity index (χ4n) is 3.61. The van der Waals surface area contributed by atoms with Gasteiger partial charge in [0.25, 0.3) is 0 Å². The van der Waals surface area contributed by atoms with E-state index in [4.69, 9.17) is 26.3 Å². The van der Waals surface area contributed by atoms with Crippen molar-refractivity contribution in [2.45, 2.75) is 45.5 Å². The number of imidazole rings is 1. The first-order chi connectivity index (χ1) is 16.6. The summed E-state index contributed by atoms with van der Waals surface area (Å²) in [5.41, 5.74) is 2.60. The first-order valence-corrected chi connectivity index (χ1v) is 11.9. The lowest BCUT2D eigenvalue weighted by Crippen LogP contribution is -2.41. The molecule has 1 aliphatic heterocycles. The highest BCUT2D eigenvalue weighted by Gasteiger charge is 2.52. The van der Waals surface area contributed by atoms with Gasteiger partial charge in [0, 0.05) is 24.6 Å². The Morgan fingerprint density at radius 2 is 1.74 bits per heavy atom. The SMILES string of the molecule is CC1(C)OB(C(=Cc2ccc(-n3cc[nH]c3=S)cc2)CNC(=O)OCc2ccccc2)OC1(C)C. The highest BCUT2D eigenvalue weighted by Crippen LogP contribution is 2.38. The Labute approximate surface area is 211 Å². The molecule has 3 aromatic rings. The number of alkyl carbamates (subject to hydrolysis) is 1. The van der Waals surface area contributed by atoms with Crippen LogP contribution in [-0.4, -0.2) is 40.5 Å². The Morgan fingerprint density at radius 1 is 1.09 bits per heavy atom. The number of hydrogen-bond acceptors (Lipinski definition) is 5. The molecule has 2 heterocycles. The van der Waals surface area contributed by atoms with E-state index in [0.29, 0.717) is 4.77 Å². The van der Waals surface area contributed by atoms with Gasteiger partial charge in [0.15, 0.2) is 4.77 Å². The van der Waals surface area contributed by atoms with Gasteiger partial charge >= 0.3 is 13.2 Å². The van der Waals surface area contributed by atoms with Crippen LogP contribution < -0.4 is 5.32 Å². The standard InChI is InChI=1S/C26H30BN3O4S/c1-25(2)26(3,4)34-27(33-25)21(17-29-24(31)32-18-20-8-6-5-7-9-20)16-19-10-12-22(13-11-19)30-15-14-28-23(30)35/h5-16H,17-18H2,1-4H3,(H,28,35)(H,29,31). The first kappa shape index (κ1) is 25.0. The van der Waals surface area contributed by atoms with Crippen LogP contribution in [0.5, 0.6) is 0 Å². The summed E-state index contributed by atoms with van der Waals surface area (Å²) >= 11 is 5.31. The van der Waals surface area contributed by atoms with Gasteiger partial charge in [-0.15, -0.1) is 0 Å². The van der Waals surface area contributed by atoms with E-state index in [1.165, 1.54) is 0 Å². The highest BCUT2D eigenvalue weighted by molar-refractivity contribution is 7.71. The number of rotatable bonds is 7. The van der Waals surface area contributed by atoms with Crippen LogP contribution in [0, 0.1) is 4.77 Å². The number of benzene rings is 2. The average Bonchev–Trinajstić information content (AvgIpc) is 3.35. The van der Waals surface area contributed by atoms with Gasteiger partial charge in [0.05, 0.1) is 11.2 Å². The zero-order chi connectivity index (χ0) is 25.1. The van der Waals surface area contributed by atoms with Crippen LogP contribution >= 0.6 is 12.2 Å². The Balaban J connectivity index is 1.50. The summed E-state index contributed by atoms with van der Waals surface area (Å²) in [5.74, 6) is 0. The minimum absolute atomic E-state index is 0.200.